The maximum atomic E-state index is 13.7. The fourth-order valence-corrected chi connectivity index (χ4v) is 2.24. The van der Waals surface area contributed by atoms with Gasteiger partial charge in [-0.15, -0.1) is 0 Å². The molecule has 1 aromatic carbocycles. The Hall–Kier alpha value is -2.83. The van der Waals surface area contributed by atoms with Crippen molar-refractivity contribution in [2.24, 2.45) is 0 Å². The Kier molecular flexibility index (Phi) is 6.56. The number of halogens is 2. The zero-order chi connectivity index (χ0) is 18.2. The number of pyridine rings is 1. The van der Waals surface area contributed by atoms with E-state index < -0.39 is 23.5 Å². The molecule has 0 saturated carbocycles. The van der Waals surface area contributed by atoms with Gasteiger partial charge in [0.1, 0.15) is 24.0 Å². The zero-order valence-electron chi connectivity index (χ0n) is 13.7. The van der Waals surface area contributed by atoms with Crippen molar-refractivity contribution in [1.29, 1.82) is 0 Å². The minimum atomic E-state index is -0.604. The van der Waals surface area contributed by atoms with Crippen LogP contribution in [0.4, 0.5) is 14.6 Å². The van der Waals surface area contributed by atoms with Gasteiger partial charge in [0.2, 0.25) is 5.91 Å². The van der Waals surface area contributed by atoms with Crippen molar-refractivity contribution in [3.05, 3.63) is 59.8 Å². The molecule has 132 valence electrons. The number of nitrogens with zero attached hydrogens (tertiary/aromatic N) is 2. The molecule has 1 heterocycles. The molecule has 0 fully saturated rings. The van der Waals surface area contributed by atoms with Crippen LogP contribution in [0.25, 0.3) is 0 Å². The molecule has 0 spiro atoms. The van der Waals surface area contributed by atoms with Crippen LogP contribution in [0.3, 0.4) is 0 Å². The van der Waals surface area contributed by atoms with Crippen molar-refractivity contribution in [3.8, 4) is 0 Å². The minimum Gasteiger partial charge on any atom is -0.465 e. The fourth-order valence-electron chi connectivity index (χ4n) is 2.24. The van der Waals surface area contributed by atoms with Crippen LogP contribution in [0.15, 0.2) is 42.6 Å². The van der Waals surface area contributed by atoms with Crippen molar-refractivity contribution in [2.45, 2.75) is 19.8 Å². The molecule has 0 unspecified atom stereocenters. The highest BCUT2D eigenvalue weighted by Crippen LogP contribution is 2.15. The predicted molar refractivity (Wildman–Crippen MR) is 87.9 cm³/mol. The van der Waals surface area contributed by atoms with Crippen LogP contribution in [0, 0.1) is 11.6 Å². The Morgan fingerprint density at radius 3 is 2.56 bits per heavy atom. The topological polar surface area (TPSA) is 59.5 Å². The molecule has 0 radical (unpaired) electrons. The summed E-state index contributed by atoms with van der Waals surface area (Å²) in [5, 5.41) is 0. The van der Waals surface area contributed by atoms with Crippen molar-refractivity contribution in [2.75, 3.05) is 18.1 Å². The number of hydrogen-bond acceptors (Lipinski definition) is 4. The molecule has 0 atom stereocenters. The first-order valence-electron chi connectivity index (χ1n) is 7.82. The number of anilines is 1. The van der Waals surface area contributed by atoms with Crippen molar-refractivity contribution < 1.29 is 23.1 Å². The summed E-state index contributed by atoms with van der Waals surface area (Å²) < 4.78 is 31.6. The first kappa shape index (κ1) is 18.5. The molecule has 0 aliphatic carbocycles. The molecule has 2 aromatic rings. The highest BCUT2D eigenvalue weighted by molar-refractivity contribution is 5.96. The zero-order valence-corrected chi connectivity index (χ0v) is 13.7. The first-order valence-corrected chi connectivity index (χ1v) is 7.82. The molecule has 25 heavy (non-hydrogen) atoms. The van der Waals surface area contributed by atoms with E-state index >= 15 is 0 Å². The molecule has 1 amide bonds. The Morgan fingerprint density at radius 2 is 1.92 bits per heavy atom. The number of esters is 1. The van der Waals surface area contributed by atoms with Crippen LogP contribution in [0.1, 0.15) is 18.9 Å². The van der Waals surface area contributed by atoms with Crippen molar-refractivity contribution >= 4 is 17.7 Å². The number of ether oxygens (including phenoxy) is 1. The summed E-state index contributed by atoms with van der Waals surface area (Å²) in [7, 11) is 0. The summed E-state index contributed by atoms with van der Waals surface area (Å²) in [5.74, 6) is -1.86. The lowest BCUT2D eigenvalue weighted by molar-refractivity contribution is -0.142. The Balaban J connectivity index is 2.13. The summed E-state index contributed by atoms with van der Waals surface area (Å²) in [6, 6.07) is 8.60. The molecule has 0 N–H and O–H groups in total. The second-order valence-electron chi connectivity index (χ2n) is 5.21. The van der Waals surface area contributed by atoms with Crippen molar-refractivity contribution in [3.63, 3.8) is 0 Å². The number of amides is 1. The summed E-state index contributed by atoms with van der Waals surface area (Å²) in [4.78, 5) is 29.2. The predicted octanol–water partition coefficient (Wildman–Crippen LogP) is 2.89. The van der Waals surface area contributed by atoms with E-state index in [4.69, 9.17) is 4.74 Å². The lowest BCUT2D eigenvalue weighted by atomic mass is 10.1. The highest BCUT2D eigenvalue weighted by Gasteiger charge is 2.21. The molecule has 7 heteroatoms. The van der Waals surface area contributed by atoms with Gasteiger partial charge in [0, 0.05) is 6.42 Å². The molecule has 2 rings (SSSR count). The average Bonchev–Trinajstić information content (AvgIpc) is 2.60. The second kappa shape index (κ2) is 8.86. The Labute approximate surface area is 144 Å². The van der Waals surface area contributed by atoms with Gasteiger partial charge in [0.25, 0.3) is 0 Å². The Morgan fingerprint density at radius 1 is 1.16 bits per heavy atom. The van der Waals surface area contributed by atoms with Gasteiger partial charge in [-0.2, -0.15) is 0 Å². The van der Waals surface area contributed by atoms with Gasteiger partial charge < -0.3 is 4.74 Å². The van der Waals surface area contributed by atoms with Gasteiger partial charge in [-0.25, -0.2) is 13.8 Å². The number of rotatable bonds is 7. The SMILES string of the molecule is CCOC(=O)CN(C(=O)CCc1ccccc1F)c1ccc(F)cn1. The summed E-state index contributed by atoms with van der Waals surface area (Å²) in [6.07, 6.45) is 1.10. The first-order chi connectivity index (χ1) is 12.0. The molecular formula is C18H18F2N2O3. The minimum absolute atomic E-state index is 0.0284. The maximum Gasteiger partial charge on any atom is 0.326 e. The van der Waals surface area contributed by atoms with Crippen LogP contribution in [-0.2, 0) is 20.7 Å². The number of carbonyl (C=O) groups excluding carboxylic acids is 2. The van der Waals surface area contributed by atoms with Crippen LogP contribution in [0.2, 0.25) is 0 Å². The van der Waals surface area contributed by atoms with Gasteiger partial charge in [-0.1, -0.05) is 18.2 Å². The number of carbonyl (C=O) groups is 2. The van der Waals surface area contributed by atoms with Gasteiger partial charge in [0.05, 0.1) is 12.8 Å². The highest BCUT2D eigenvalue weighted by atomic mass is 19.1. The summed E-state index contributed by atoms with van der Waals surface area (Å²) >= 11 is 0. The molecule has 0 aliphatic rings. The summed E-state index contributed by atoms with van der Waals surface area (Å²) in [5.41, 5.74) is 0.402. The molecular weight excluding hydrogens is 330 g/mol. The van der Waals surface area contributed by atoms with Gasteiger partial charge >= 0.3 is 5.97 Å². The third-order valence-corrected chi connectivity index (χ3v) is 3.45. The van der Waals surface area contributed by atoms with E-state index in [2.05, 4.69) is 4.98 Å². The second-order valence-corrected chi connectivity index (χ2v) is 5.21. The van der Waals surface area contributed by atoms with E-state index in [1.54, 1.807) is 25.1 Å². The number of aromatic nitrogens is 1. The number of aryl methyl sites for hydroxylation is 1. The lowest BCUT2D eigenvalue weighted by Gasteiger charge is -2.21. The van der Waals surface area contributed by atoms with Crippen LogP contribution in [0.5, 0.6) is 0 Å². The lowest BCUT2D eigenvalue weighted by Crippen LogP contribution is -2.37. The van der Waals surface area contributed by atoms with E-state index in [0.717, 1.165) is 17.2 Å². The van der Waals surface area contributed by atoms with Gasteiger partial charge in [-0.3, -0.25) is 14.5 Å². The van der Waals surface area contributed by atoms with E-state index in [-0.39, 0.29) is 31.8 Å². The largest absolute Gasteiger partial charge is 0.465 e. The summed E-state index contributed by atoms with van der Waals surface area (Å²) in [6.45, 7) is 1.48. The normalized spacial score (nSPS) is 10.4. The van der Waals surface area contributed by atoms with Crippen LogP contribution < -0.4 is 4.90 Å². The standard InChI is InChI=1S/C18H18F2N2O3/c1-2-25-18(24)12-22(16-9-8-14(19)11-21-16)17(23)10-7-13-5-3-4-6-15(13)20/h3-6,8-9,11H,2,7,10,12H2,1H3. The van der Waals surface area contributed by atoms with Crippen LogP contribution >= 0.6 is 0 Å². The third kappa shape index (κ3) is 5.34. The van der Waals surface area contributed by atoms with Gasteiger partial charge in [0.15, 0.2) is 0 Å². The smallest absolute Gasteiger partial charge is 0.326 e. The van der Waals surface area contributed by atoms with E-state index in [1.807, 2.05) is 0 Å². The van der Waals surface area contributed by atoms with Crippen molar-refractivity contribution in [1.82, 2.24) is 4.98 Å². The number of hydrogen-bond donors (Lipinski definition) is 0. The molecule has 5 nitrogen and oxygen atoms in total. The monoisotopic (exact) mass is 348 g/mol. The fraction of sp³-hybridized carbons (Fsp3) is 0.278. The van der Waals surface area contributed by atoms with Crippen LogP contribution in [-0.4, -0.2) is 30.0 Å². The Bertz CT molecular complexity index is 735. The van der Waals surface area contributed by atoms with E-state index in [0.29, 0.717) is 5.56 Å². The third-order valence-electron chi connectivity index (χ3n) is 3.45. The molecule has 0 bridgehead atoms. The number of benzene rings is 1. The maximum absolute atomic E-state index is 13.7. The average molecular weight is 348 g/mol. The quantitative estimate of drug-likeness (QED) is 0.722. The molecule has 1 aromatic heterocycles. The van der Waals surface area contributed by atoms with E-state index in [1.165, 1.54) is 12.1 Å². The van der Waals surface area contributed by atoms with E-state index in [9.17, 15) is 18.4 Å². The molecule has 0 aliphatic heterocycles. The molecule has 0 saturated heterocycles. The van der Waals surface area contributed by atoms with Gasteiger partial charge in [-0.05, 0) is 37.1 Å².